The lowest BCUT2D eigenvalue weighted by Crippen LogP contribution is -2.11. The number of hydrogen-bond acceptors (Lipinski definition) is 2. The number of rotatable bonds is 5. The van der Waals surface area contributed by atoms with E-state index in [-0.39, 0.29) is 11.2 Å². The van der Waals surface area contributed by atoms with Gasteiger partial charge in [-0.2, -0.15) is 0 Å². The highest BCUT2D eigenvalue weighted by Crippen LogP contribution is 2.23. The van der Waals surface area contributed by atoms with E-state index in [2.05, 4.69) is 40.3 Å². The second-order valence-corrected chi connectivity index (χ2v) is 4.87. The summed E-state index contributed by atoms with van der Waals surface area (Å²) in [5.74, 6) is 1.47. The second-order valence-electron chi connectivity index (χ2n) is 4.31. The van der Waals surface area contributed by atoms with Crippen molar-refractivity contribution in [1.29, 1.82) is 0 Å². The molecule has 2 rings (SSSR count). The van der Waals surface area contributed by atoms with Crippen LogP contribution < -0.4 is 10.1 Å². The molecule has 0 unspecified atom stereocenters. The summed E-state index contributed by atoms with van der Waals surface area (Å²) in [4.78, 5) is 11.2. The average Bonchev–Trinajstić information content (AvgIpc) is 2.50. The maximum Gasteiger partial charge on any atom is 0.235 e. The van der Waals surface area contributed by atoms with E-state index in [0.717, 1.165) is 23.6 Å². The quantitative estimate of drug-likeness (QED) is 0.825. The molecule has 2 aromatic carbocycles. The van der Waals surface area contributed by atoms with Gasteiger partial charge in [-0.05, 0) is 48.4 Å². The molecule has 1 amide bonds. The molecule has 0 spiro atoms. The Balaban J connectivity index is 2.00. The Morgan fingerprint density at radius 2 is 1.60 bits per heavy atom. The molecule has 0 aliphatic rings. The summed E-state index contributed by atoms with van der Waals surface area (Å²) < 4.78 is 5.74. The average molecular weight is 334 g/mol. The Bertz CT molecular complexity index is 564. The zero-order chi connectivity index (χ0) is 14.4. The highest BCUT2D eigenvalue weighted by atomic mass is 79.9. The summed E-state index contributed by atoms with van der Waals surface area (Å²) in [6, 6.07) is 15.3. The minimum Gasteiger partial charge on any atom is -0.457 e. The monoisotopic (exact) mass is 333 g/mol. The Morgan fingerprint density at radius 1 is 1.05 bits per heavy atom. The fourth-order valence-electron chi connectivity index (χ4n) is 1.73. The second kappa shape index (κ2) is 7.10. The van der Waals surface area contributed by atoms with Crippen LogP contribution in [0.3, 0.4) is 0 Å². The lowest BCUT2D eigenvalue weighted by molar-refractivity contribution is -0.113. The zero-order valence-corrected chi connectivity index (χ0v) is 12.8. The fourth-order valence-corrected chi connectivity index (χ4v) is 1.87. The number of ether oxygens (including phenoxy) is 1. The first-order valence-electron chi connectivity index (χ1n) is 6.44. The van der Waals surface area contributed by atoms with Crippen LogP contribution in [0.15, 0.2) is 48.5 Å². The summed E-state index contributed by atoms with van der Waals surface area (Å²) in [7, 11) is 0. The normalized spacial score (nSPS) is 10.1. The van der Waals surface area contributed by atoms with Crippen molar-refractivity contribution in [3.8, 4) is 11.5 Å². The van der Waals surface area contributed by atoms with Crippen LogP contribution in [0.5, 0.6) is 11.5 Å². The molecule has 0 atom stereocenters. The number of anilines is 1. The third kappa shape index (κ3) is 4.10. The van der Waals surface area contributed by atoms with E-state index in [1.165, 1.54) is 5.56 Å². The molecule has 0 aromatic heterocycles. The van der Waals surface area contributed by atoms with Crippen LogP contribution in [0.4, 0.5) is 5.69 Å². The Morgan fingerprint density at radius 3 is 2.10 bits per heavy atom. The number of hydrogen-bond donors (Lipinski definition) is 1. The molecule has 1 N–H and O–H groups in total. The molecule has 104 valence electrons. The van der Waals surface area contributed by atoms with E-state index in [1.54, 1.807) is 0 Å². The van der Waals surface area contributed by atoms with E-state index >= 15 is 0 Å². The first-order chi connectivity index (χ1) is 9.71. The predicted octanol–water partition coefficient (Wildman–Crippen LogP) is 4.37. The van der Waals surface area contributed by atoms with Crippen LogP contribution in [0.25, 0.3) is 0 Å². The molecule has 3 nitrogen and oxygen atoms in total. The molecular weight excluding hydrogens is 318 g/mol. The number of benzene rings is 2. The molecule has 0 heterocycles. The van der Waals surface area contributed by atoms with Crippen molar-refractivity contribution in [2.24, 2.45) is 0 Å². The van der Waals surface area contributed by atoms with Crippen LogP contribution in [-0.4, -0.2) is 11.2 Å². The summed E-state index contributed by atoms with van der Waals surface area (Å²) >= 11 is 3.11. The van der Waals surface area contributed by atoms with E-state index in [4.69, 9.17) is 4.74 Å². The first-order valence-corrected chi connectivity index (χ1v) is 7.56. The van der Waals surface area contributed by atoms with E-state index in [1.807, 2.05) is 36.4 Å². The number of carbonyl (C=O) groups excluding carboxylic acids is 1. The standard InChI is InChI=1S/C16H16BrNO2/c1-2-12-3-7-14(8-4-12)20-15-9-5-13(6-10-15)18-16(19)11-17/h3-10H,2,11H2,1H3,(H,18,19). The van der Waals surface area contributed by atoms with Crippen LogP contribution in [0.2, 0.25) is 0 Å². The number of amides is 1. The third-order valence-corrected chi connectivity index (χ3v) is 3.34. The van der Waals surface area contributed by atoms with Gasteiger partial charge in [-0.25, -0.2) is 0 Å². The van der Waals surface area contributed by atoms with Crippen LogP contribution in [0.1, 0.15) is 12.5 Å². The minimum absolute atomic E-state index is 0.0752. The smallest absolute Gasteiger partial charge is 0.235 e. The maximum atomic E-state index is 11.2. The Hall–Kier alpha value is -1.81. The largest absolute Gasteiger partial charge is 0.457 e. The minimum atomic E-state index is -0.0752. The van der Waals surface area contributed by atoms with Crippen molar-refractivity contribution < 1.29 is 9.53 Å². The van der Waals surface area contributed by atoms with Gasteiger partial charge in [0.05, 0.1) is 5.33 Å². The van der Waals surface area contributed by atoms with Gasteiger partial charge in [0.1, 0.15) is 11.5 Å². The third-order valence-electron chi connectivity index (χ3n) is 2.83. The van der Waals surface area contributed by atoms with Crippen molar-refractivity contribution in [2.75, 3.05) is 10.6 Å². The number of carbonyl (C=O) groups is 1. The molecule has 2 aromatic rings. The predicted molar refractivity (Wildman–Crippen MR) is 84.8 cm³/mol. The highest BCUT2D eigenvalue weighted by molar-refractivity contribution is 9.09. The number of alkyl halides is 1. The number of nitrogens with one attached hydrogen (secondary N) is 1. The molecule has 0 aliphatic carbocycles. The van der Waals surface area contributed by atoms with Gasteiger partial charge >= 0.3 is 0 Å². The summed E-state index contributed by atoms with van der Waals surface area (Å²) in [6.45, 7) is 2.12. The van der Waals surface area contributed by atoms with E-state index < -0.39 is 0 Å². The van der Waals surface area contributed by atoms with Crippen molar-refractivity contribution >= 4 is 27.5 Å². The van der Waals surface area contributed by atoms with Crippen molar-refractivity contribution in [3.05, 3.63) is 54.1 Å². The van der Waals surface area contributed by atoms with Crippen molar-refractivity contribution in [3.63, 3.8) is 0 Å². The zero-order valence-electron chi connectivity index (χ0n) is 11.2. The van der Waals surface area contributed by atoms with E-state index in [0.29, 0.717) is 0 Å². The number of aryl methyl sites for hydroxylation is 1. The lowest BCUT2D eigenvalue weighted by atomic mass is 10.2. The first kappa shape index (κ1) is 14.6. The summed E-state index contributed by atoms with van der Waals surface area (Å²) in [6.07, 6.45) is 1.02. The van der Waals surface area contributed by atoms with Gasteiger partial charge in [0, 0.05) is 5.69 Å². The molecule has 0 fully saturated rings. The fraction of sp³-hybridized carbons (Fsp3) is 0.188. The molecular formula is C16H16BrNO2. The molecule has 20 heavy (non-hydrogen) atoms. The lowest BCUT2D eigenvalue weighted by Gasteiger charge is -2.08. The van der Waals surface area contributed by atoms with Crippen molar-refractivity contribution in [2.45, 2.75) is 13.3 Å². The van der Waals surface area contributed by atoms with Gasteiger partial charge in [0.25, 0.3) is 0 Å². The highest BCUT2D eigenvalue weighted by Gasteiger charge is 2.01. The molecule has 4 heteroatoms. The molecule has 0 saturated heterocycles. The summed E-state index contributed by atoms with van der Waals surface area (Å²) in [5, 5.41) is 3.04. The maximum absolute atomic E-state index is 11.2. The van der Waals surface area contributed by atoms with Crippen LogP contribution >= 0.6 is 15.9 Å². The van der Waals surface area contributed by atoms with Gasteiger partial charge in [0.15, 0.2) is 0 Å². The molecule has 0 bridgehead atoms. The van der Waals surface area contributed by atoms with Crippen LogP contribution in [0, 0.1) is 0 Å². The van der Waals surface area contributed by atoms with Crippen molar-refractivity contribution in [1.82, 2.24) is 0 Å². The SMILES string of the molecule is CCc1ccc(Oc2ccc(NC(=O)CBr)cc2)cc1. The van der Waals surface area contributed by atoms with E-state index in [9.17, 15) is 4.79 Å². The van der Waals surface area contributed by atoms with Gasteiger partial charge < -0.3 is 10.1 Å². The van der Waals surface area contributed by atoms with Crippen LogP contribution in [-0.2, 0) is 11.2 Å². The molecule has 0 radical (unpaired) electrons. The van der Waals surface area contributed by atoms with Gasteiger partial charge in [-0.15, -0.1) is 0 Å². The Labute approximate surface area is 127 Å². The number of halogens is 1. The molecule has 0 aliphatic heterocycles. The molecule has 0 saturated carbocycles. The topological polar surface area (TPSA) is 38.3 Å². The summed E-state index contributed by atoms with van der Waals surface area (Å²) in [5.41, 5.74) is 2.04. The Kier molecular flexibility index (Phi) is 5.18. The van der Waals surface area contributed by atoms with Gasteiger partial charge in [-0.1, -0.05) is 35.0 Å². The van der Waals surface area contributed by atoms with Gasteiger partial charge in [0.2, 0.25) is 5.91 Å². The van der Waals surface area contributed by atoms with Gasteiger partial charge in [-0.3, -0.25) is 4.79 Å².